The van der Waals surface area contributed by atoms with Crippen molar-refractivity contribution in [3.8, 4) is 0 Å². The third kappa shape index (κ3) is 3.27. The summed E-state index contributed by atoms with van der Waals surface area (Å²) >= 11 is 6.55. The molecular formula is C12H16Br2N2O4S. The highest BCUT2D eigenvalue weighted by Crippen LogP contribution is 2.35. The monoisotopic (exact) mass is 442 g/mol. The van der Waals surface area contributed by atoms with Gasteiger partial charge in [0.05, 0.1) is 17.9 Å². The zero-order chi connectivity index (χ0) is 15.8. The SMILES string of the molecule is COC1CN(S(=O)(=O)c2c(N)cc(Br)cc2Br)CC1OC. The Labute approximate surface area is 140 Å². The fourth-order valence-electron chi connectivity index (χ4n) is 2.34. The molecule has 21 heavy (non-hydrogen) atoms. The molecule has 0 aromatic heterocycles. The first kappa shape index (κ1) is 17.2. The standard InChI is InChI=1S/C12H16Br2N2O4S/c1-19-10-5-16(6-11(10)20-2)21(17,18)12-8(14)3-7(13)4-9(12)15/h3-4,10-11H,5-6,15H2,1-2H3. The lowest BCUT2D eigenvalue weighted by Crippen LogP contribution is -2.31. The molecule has 2 N–H and O–H groups in total. The minimum absolute atomic E-state index is 0.0670. The molecule has 6 nitrogen and oxygen atoms in total. The summed E-state index contributed by atoms with van der Waals surface area (Å²) in [6.45, 7) is 0.471. The topological polar surface area (TPSA) is 81.9 Å². The smallest absolute Gasteiger partial charge is 0.246 e. The van der Waals surface area contributed by atoms with E-state index in [1.807, 2.05) is 0 Å². The summed E-state index contributed by atoms with van der Waals surface area (Å²) in [6.07, 6.45) is -0.583. The van der Waals surface area contributed by atoms with Crippen LogP contribution in [0.15, 0.2) is 26.0 Å². The Hall–Kier alpha value is -0.190. The molecular weight excluding hydrogens is 428 g/mol. The maximum absolute atomic E-state index is 12.8. The minimum Gasteiger partial charge on any atom is -0.398 e. The van der Waals surface area contributed by atoms with Crippen LogP contribution in [0, 0.1) is 0 Å². The van der Waals surface area contributed by atoms with Gasteiger partial charge in [-0.1, -0.05) is 15.9 Å². The average molecular weight is 444 g/mol. The largest absolute Gasteiger partial charge is 0.398 e. The first-order valence-corrected chi connectivity index (χ1v) is 9.14. The van der Waals surface area contributed by atoms with Gasteiger partial charge < -0.3 is 15.2 Å². The number of nitrogens with zero attached hydrogens (tertiary/aromatic N) is 1. The number of methoxy groups -OCH3 is 2. The number of nitrogens with two attached hydrogens (primary N) is 1. The van der Waals surface area contributed by atoms with Gasteiger partial charge in [-0.05, 0) is 28.1 Å². The van der Waals surface area contributed by atoms with E-state index in [1.54, 1.807) is 12.1 Å². The molecule has 1 saturated heterocycles. The van der Waals surface area contributed by atoms with Crippen LogP contribution < -0.4 is 5.73 Å². The Bertz CT molecular complexity index is 603. The van der Waals surface area contributed by atoms with Crippen molar-refractivity contribution < 1.29 is 17.9 Å². The number of hydrogen-bond acceptors (Lipinski definition) is 5. The van der Waals surface area contributed by atoms with E-state index in [9.17, 15) is 8.42 Å². The fraction of sp³-hybridized carbons (Fsp3) is 0.500. The number of ether oxygens (including phenoxy) is 2. The lowest BCUT2D eigenvalue weighted by atomic mass is 10.3. The van der Waals surface area contributed by atoms with Gasteiger partial charge in [0.25, 0.3) is 0 Å². The molecule has 1 fully saturated rings. The van der Waals surface area contributed by atoms with Crippen LogP contribution in [0.2, 0.25) is 0 Å². The van der Waals surface area contributed by atoms with Crippen molar-refractivity contribution in [2.45, 2.75) is 17.1 Å². The molecule has 0 amide bonds. The second kappa shape index (κ2) is 6.51. The summed E-state index contributed by atoms with van der Waals surface area (Å²) in [4.78, 5) is 0.0670. The molecule has 2 unspecified atom stereocenters. The van der Waals surface area contributed by atoms with Gasteiger partial charge in [0.1, 0.15) is 4.90 Å². The van der Waals surface area contributed by atoms with Crippen molar-refractivity contribution in [3.63, 3.8) is 0 Å². The van der Waals surface area contributed by atoms with Crippen LogP contribution in [0.5, 0.6) is 0 Å². The number of benzene rings is 1. The van der Waals surface area contributed by atoms with E-state index >= 15 is 0 Å². The van der Waals surface area contributed by atoms with Gasteiger partial charge in [0.2, 0.25) is 10.0 Å². The molecule has 1 aliphatic heterocycles. The van der Waals surface area contributed by atoms with Crippen LogP contribution in [0.25, 0.3) is 0 Å². The maximum atomic E-state index is 12.8. The lowest BCUT2D eigenvalue weighted by Gasteiger charge is -2.18. The predicted octanol–water partition coefficient (Wildman–Crippen LogP) is 1.83. The van der Waals surface area contributed by atoms with E-state index in [0.29, 0.717) is 8.95 Å². The van der Waals surface area contributed by atoms with E-state index in [1.165, 1.54) is 18.5 Å². The van der Waals surface area contributed by atoms with Crippen molar-refractivity contribution in [3.05, 3.63) is 21.1 Å². The van der Waals surface area contributed by atoms with Gasteiger partial charge in [0.15, 0.2) is 0 Å². The molecule has 1 aromatic carbocycles. The normalized spacial score (nSPS) is 23.6. The Morgan fingerprint density at radius 3 is 2.14 bits per heavy atom. The second-order valence-corrected chi connectivity index (χ2v) is 8.32. The second-order valence-electron chi connectivity index (χ2n) is 4.68. The number of rotatable bonds is 4. The molecule has 0 aliphatic carbocycles. The molecule has 9 heteroatoms. The van der Waals surface area contributed by atoms with Crippen molar-refractivity contribution in [1.29, 1.82) is 0 Å². The van der Waals surface area contributed by atoms with Gasteiger partial charge in [-0.3, -0.25) is 0 Å². The Balaban J connectivity index is 2.40. The highest BCUT2D eigenvalue weighted by molar-refractivity contribution is 9.11. The third-order valence-corrected chi connectivity index (χ3v) is 6.72. The minimum atomic E-state index is -3.72. The van der Waals surface area contributed by atoms with Crippen LogP contribution in [0.4, 0.5) is 5.69 Å². The third-order valence-electron chi connectivity index (χ3n) is 3.42. The summed E-state index contributed by atoms with van der Waals surface area (Å²) in [5.41, 5.74) is 6.07. The summed E-state index contributed by atoms with van der Waals surface area (Å²) in [5.74, 6) is 0. The molecule has 2 rings (SSSR count). The number of halogens is 2. The zero-order valence-corrected chi connectivity index (χ0v) is 15.5. The van der Waals surface area contributed by atoms with Crippen molar-refractivity contribution in [2.75, 3.05) is 33.0 Å². The predicted molar refractivity (Wildman–Crippen MR) is 86.6 cm³/mol. The van der Waals surface area contributed by atoms with Gasteiger partial charge in [-0.25, -0.2) is 8.42 Å². The van der Waals surface area contributed by atoms with Gasteiger partial charge in [-0.2, -0.15) is 4.31 Å². The molecule has 0 saturated carbocycles. The molecule has 0 radical (unpaired) electrons. The highest BCUT2D eigenvalue weighted by atomic mass is 79.9. The van der Waals surface area contributed by atoms with E-state index in [0.717, 1.165) is 0 Å². The average Bonchev–Trinajstić information content (AvgIpc) is 2.80. The molecule has 0 spiro atoms. The number of sulfonamides is 1. The Morgan fingerprint density at radius 2 is 1.71 bits per heavy atom. The maximum Gasteiger partial charge on any atom is 0.246 e. The number of anilines is 1. The van der Waals surface area contributed by atoms with Gasteiger partial charge in [-0.15, -0.1) is 0 Å². The molecule has 2 atom stereocenters. The molecule has 1 heterocycles. The summed E-state index contributed by atoms with van der Waals surface area (Å²) in [6, 6.07) is 3.22. The molecule has 1 aromatic rings. The van der Waals surface area contributed by atoms with Crippen LogP contribution in [0.3, 0.4) is 0 Å². The van der Waals surface area contributed by atoms with Crippen molar-refractivity contribution in [1.82, 2.24) is 4.31 Å². The fourth-order valence-corrected chi connectivity index (χ4v) is 5.82. The van der Waals surface area contributed by atoms with Crippen molar-refractivity contribution in [2.24, 2.45) is 0 Å². The van der Waals surface area contributed by atoms with E-state index < -0.39 is 10.0 Å². The van der Waals surface area contributed by atoms with Crippen LogP contribution in [-0.2, 0) is 19.5 Å². The number of hydrogen-bond donors (Lipinski definition) is 1. The number of nitrogen functional groups attached to an aromatic ring is 1. The first-order chi connectivity index (χ1) is 9.81. The molecule has 0 bridgehead atoms. The Morgan fingerprint density at radius 1 is 1.19 bits per heavy atom. The summed E-state index contributed by atoms with van der Waals surface area (Å²) in [5, 5.41) is 0. The van der Waals surface area contributed by atoms with Crippen LogP contribution in [-0.4, -0.2) is 52.2 Å². The van der Waals surface area contributed by atoms with E-state index in [-0.39, 0.29) is 35.9 Å². The van der Waals surface area contributed by atoms with Crippen molar-refractivity contribution >= 4 is 47.6 Å². The van der Waals surface area contributed by atoms with E-state index in [4.69, 9.17) is 15.2 Å². The van der Waals surface area contributed by atoms with Gasteiger partial charge >= 0.3 is 0 Å². The Kier molecular flexibility index (Phi) is 5.32. The summed E-state index contributed by atoms with van der Waals surface area (Å²) < 4.78 is 38.6. The first-order valence-electron chi connectivity index (χ1n) is 6.11. The summed E-state index contributed by atoms with van der Waals surface area (Å²) in [7, 11) is -0.645. The lowest BCUT2D eigenvalue weighted by molar-refractivity contribution is -0.00461. The molecule has 1 aliphatic rings. The van der Waals surface area contributed by atoms with Gasteiger partial charge in [0, 0.05) is 36.3 Å². The van der Waals surface area contributed by atoms with Crippen LogP contribution in [0.1, 0.15) is 0 Å². The van der Waals surface area contributed by atoms with Crippen LogP contribution >= 0.6 is 31.9 Å². The quantitative estimate of drug-likeness (QED) is 0.717. The van der Waals surface area contributed by atoms with E-state index in [2.05, 4.69) is 31.9 Å². The highest BCUT2D eigenvalue weighted by Gasteiger charge is 2.41. The zero-order valence-electron chi connectivity index (χ0n) is 11.5. The molecule has 118 valence electrons.